The van der Waals surface area contributed by atoms with Gasteiger partial charge in [-0.1, -0.05) is 30.7 Å². The number of aryl methyl sites for hydroxylation is 1. The summed E-state index contributed by atoms with van der Waals surface area (Å²) in [6.07, 6.45) is 0.729. The molecule has 0 aliphatic rings. The molecule has 90 valence electrons. The molecular weight excluding hydrogens is 208 g/mol. The van der Waals surface area contributed by atoms with Crippen LogP contribution < -0.4 is 5.73 Å². The molecule has 16 heavy (non-hydrogen) atoms. The topological polar surface area (TPSA) is 26.0 Å². The Morgan fingerprint density at radius 3 is 2.50 bits per heavy atom. The van der Waals surface area contributed by atoms with Gasteiger partial charge in [0, 0.05) is 12.5 Å². The Labute approximate surface area is 95.7 Å². The zero-order valence-electron chi connectivity index (χ0n) is 10.1. The molecule has 0 aromatic heterocycles. The van der Waals surface area contributed by atoms with Crippen LogP contribution in [0.3, 0.4) is 0 Å². The summed E-state index contributed by atoms with van der Waals surface area (Å²) in [5, 5.41) is 0. The maximum atomic E-state index is 13.4. The third-order valence-electron chi connectivity index (χ3n) is 2.81. The third kappa shape index (κ3) is 3.01. The molecule has 1 rings (SSSR count). The van der Waals surface area contributed by atoms with Gasteiger partial charge in [0.15, 0.2) is 0 Å². The lowest BCUT2D eigenvalue weighted by Crippen LogP contribution is -2.14. The second-order valence-electron chi connectivity index (χ2n) is 4.46. The minimum Gasteiger partial charge on any atom is -0.330 e. The molecule has 0 aliphatic carbocycles. The second-order valence-corrected chi connectivity index (χ2v) is 4.46. The molecular formula is C13H19F2N. The summed E-state index contributed by atoms with van der Waals surface area (Å²) in [5.74, 6) is -2.71. The van der Waals surface area contributed by atoms with Gasteiger partial charge in [0.25, 0.3) is 5.92 Å². The van der Waals surface area contributed by atoms with Gasteiger partial charge >= 0.3 is 0 Å². The first-order valence-electron chi connectivity index (χ1n) is 5.55. The van der Waals surface area contributed by atoms with Gasteiger partial charge in [-0.15, -0.1) is 0 Å². The molecule has 1 aromatic carbocycles. The smallest absolute Gasteiger partial charge is 0.270 e. The normalized spacial score (nSPS) is 13.9. The Morgan fingerprint density at radius 2 is 2.00 bits per heavy atom. The van der Waals surface area contributed by atoms with Gasteiger partial charge in [-0.05, 0) is 31.4 Å². The Balaban J connectivity index is 3.18. The predicted octanol–water partition coefficient (Wildman–Crippen LogP) is 3.56. The van der Waals surface area contributed by atoms with Crippen molar-refractivity contribution in [1.82, 2.24) is 0 Å². The molecule has 1 aromatic rings. The van der Waals surface area contributed by atoms with Crippen molar-refractivity contribution in [2.75, 3.05) is 6.54 Å². The van der Waals surface area contributed by atoms with Gasteiger partial charge in [-0.3, -0.25) is 0 Å². The van der Waals surface area contributed by atoms with Crippen LogP contribution in [0.1, 0.15) is 42.9 Å². The second kappa shape index (κ2) is 4.91. The third-order valence-corrected chi connectivity index (χ3v) is 2.81. The summed E-state index contributed by atoms with van der Waals surface area (Å²) in [6, 6.07) is 5.09. The molecule has 1 nitrogen and oxygen atoms in total. The summed E-state index contributed by atoms with van der Waals surface area (Å²) >= 11 is 0. The molecule has 0 amide bonds. The minimum atomic E-state index is -2.79. The average molecular weight is 227 g/mol. The molecule has 0 saturated carbocycles. The zero-order chi connectivity index (χ0) is 12.3. The van der Waals surface area contributed by atoms with Crippen molar-refractivity contribution in [3.63, 3.8) is 0 Å². The van der Waals surface area contributed by atoms with Crippen LogP contribution >= 0.6 is 0 Å². The van der Waals surface area contributed by atoms with Crippen LogP contribution in [0, 0.1) is 6.92 Å². The molecule has 0 spiro atoms. The van der Waals surface area contributed by atoms with Gasteiger partial charge in [0.1, 0.15) is 0 Å². The van der Waals surface area contributed by atoms with Crippen molar-refractivity contribution in [2.24, 2.45) is 5.73 Å². The van der Waals surface area contributed by atoms with Gasteiger partial charge < -0.3 is 5.73 Å². The SMILES string of the molecule is Cc1ccc(C(C)(F)F)c(C(C)CCN)c1. The van der Waals surface area contributed by atoms with Crippen molar-refractivity contribution in [3.05, 3.63) is 34.9 Å². The number of rotatable bonds is 4. The lowest BCUT2D eigenvalue weighted by atomic mass is 9.89. The molecule has 0 saturated heterocycles. The number of halogens is 2. The van der Waals surface area contributed by atoms with Gasteiger partial charge in [-0.2, -0.15) is 0 Å². The standard InChI is InChI=1S/C13H19F2N/c1-9-4-5-12(13(3,14)15)11(8-9)10(2)6-7-16/h4-5,8,10H,6-7,16H2,1-3H3. The molecule has 0 fully saturated rings. The van der Waals surface area contributed by atoms with Crippen molar-refractivity contribution in [3.8, 4) is 0 Å². The van der Waals surface area contributed by atoms with E-state index in [1.165, 1.54) is 6.07 Å². The van der Waals surface area contributed by atoms with E-state index in [0.29, 0.717) is 6.54 Å². The number of benzene rings is 1. The molecule has 1 unspecified atom stereocenters. The van der Waals surface area contributed by atoms with Gasteiger partial charge in [-0.25, -0.2) is 8.78 Å². The van der Waals surface area contributed by atoms with Crippen molar-refractivity contribution < 1.29 is 8.78 Å². The van der Waals surface area contributed by atoms with E-state index < -0.39 is 5.92 Å². The van der Waals surface area contributed by atoms with E-state index in [-0.39, 0.29) is 11.5 Å². The van der Waals surface area contributed by atoms with E-state index in [9.17, 15) is 8.78 Å². The van der Waals surface area contributed by atoms with Crippen LogP contribution in [-0.2, 0) is 5.92 Å². The maximum absolute atomic E-state index is 13.4. The lowest BCUT2D eigenvalue weighted by molar-refractivity contribution is 0.0162. The minimum absolute atomic E-state index is 0.0747. The summed E-state index contributed by atoms with van der Waals surface area (Å²) in [6.45, 7) is 5.31. The first-order chi connectivity index (χ1) is 7.36. The Bertz CT molecular complexity index is 355. The van der Waals surface area contributed by atoms with E-state index in [2.05, 4.69) is 0 Å². The maximum Gasteiger partial charge on any atom is 0.270 e. The van der Waals surface area contributed by atoms with Gasteiger partial charge in [0.2, 0.25) is 0 Å². The fraction of sp³-hybridized carbons (Fsp3) is 0.538. The van der Waals surface area contributed by atoms with E-state index in [4.69, 9.17) is 5.73 Å². The first kappa shape index (κ1) is 13.1. The van der Waals surface area contributed by atoms with Crippen LogP contribution in [0.25, 0.3) is 0 Å². The lowest BCUT2D eigenvalue weighted by Gasteiger charge is -2.20. The predicted molar refractivity (Wildman–Crippen MR) is 62.8 cm³/mol. The van der Waals surface area contributed by atoms with Crippen LogP contribution in [0.2, 0.25) is 0 Å². The Hall–Kier alpha value is -0.960. The van der Waals surface area contributed by atoms with E-state index in [0.717, 1.165) is 24.5 Å². The molecule has 0 aliphatic heterocycles. The van der Waals surface area contributed by atoms with Gasteiger partial charge in [0.05, 0.1) is 0 Å². The Morgan fingerprint density at radius 1 is 1.38 bits per heavy atom. The molecule has 0 heterocycles. The van der Waals surface area contributed by atoms with E-state index in [1.807, 2.05) is 19.9 Å². The molecule has 2 N–H and O–H groups in total. The largest absolute Gasteiger partial charge is 0.330 e. The van der Waals surface area contributed by atoms with Crippen LogP contribution in [0.4, 0.5) is 8.78 Å². The van der Waals surface area contributed by atoms with Crippen molar-refractivity contribution in [1.29, 1.82) is 0 Å². The average Bonchev–Trinajstić information content (AvgIpc) is 2.16. The van der Waals surface area contributed by atoms with E-state index >= 15 is 0 Å². The van der Waals surface area contributed by atoms with Crippen LogP contribution in [0.15, 0.2) is 18.2 Å². The fourth-order valence-corrected chi connectivity index (χ4v) is 1.90. The van der Waals surface area contributed by atoms with E-state index in [1.54, 1.807) is 6.07 Å². The summed E-state index contributed by atoms with van der Waals surface area (Å²) in [4.78, 5) is 0. The summed E-state index contributed by atoms with van der Waals surface area (Å²) < 4.78 is 26.8. The number of hydrogen-bond acceptors (Lipinski definition) is 1. The monoisotopic (exact) mass is 227 g/mol. The van der Waals surface area contributed by atoms with Crippen molar-refractivity contribution in [2.45, 2.75) is 39.0 Å². The highest BCUT2D eigenvalue weighted by molar-refractivity contribution is 5.36. The molecule has 0 bridgehead atoms. The molecule has 0 radical (unpaired) electrons. The number of nitrogens with two attached hydrogens (primary N) is 1. The number of hydrogen-bond donors (Lipinski definition) is 1. The highest BCUT2D eigenvalue weighted by Gasteiger charge is 2.28. The van der Waals surface area contributed by atoms with Crippen molar-refractivity contribution >= 4 is 0 Å². The molecule has 3 heteroatoms. The van der Waals surface area contributed by atoms with Crippen LogP contribution in [-0.4, -0.2) is 6.54 Å². The quantitative estimate of drug-likeness (QED) is 0.836. The fourth-order valence-electron chi connectivity index (χ4n) is 1.90. The zero-order valence-corrected chi connectivity index (χ0v) is 10.1. The summed E-state index contributed by atoms with van der Waals surface area (Å²) in [5.41, 5.74) is 7.33. The first-order valence-corrected chi connectivity index (χ1v) is 5.55. The molecule has 1 atom stereocenters. The number of alkyl halides is 2. The Kier molecular flexibility index (Phi) is 4.03. The highest BCUT2D eigenvalue weighted by atomic mass is 19.3. The van der Waals surface area contributed by atoms with Crippen LogP contribution in [0.5, 0.6) is 0 Å². The highest BCUT2D eigenvalue weighted by Crippen LogP contribution is 2.34. The summed E-state index contributed by atoms with van der Waals surface area (Å²) in [7, 11) is 0.